The first-order valence-corrected chi connectivity index (χ1v) is 12.2. The van der Waals surface area contributed by atoms with E-state index in [9.17, 15) is 9.59 Å². The van der Waals surface area contributed by atoms with Crippen LogP contribution in [-0.2, 0) is 26.3 Å². The molecule has 0 aliphatic heterocycles. The Balaban J connectivity index is 0.000000479. The van der Waals surface area contributed by atoms with Crippen LogP contribution in [0.5, 0.6) is 5.75 Å². The summed E-state index contributed by atoms with van der Waals surface area (Å²) < 4.78 is 6.17. The van der Waals surface area contributed by atoms with E-state index < -0.39 is 5.60 Å². The molecule has 37 heavy (non-hydrogen) atoms. The molecule has 0 bridgehead atoms. The van der Waals surface area contributed by atoms with Gasteiger partial charge >= 0.3 is 5.97 Å². The number of amides is 1. The van der Waals surface area contributed by atoms with Crippen molar-refractivity contribution in [3.63, 3.8) is 0 Å². The van der Waals surface area contributed by atoms with Gasteiger partial charge in [0.2, 0.25) is 5.91 Å². The van der Waals surface area contributed by atoms with Crippen LogP contribution in [0.3, 0.4) is 0 Å². The Bertz CT molecular complexity index is 1080. The largest absolute Gasteiger partial charge is 0.508 e. The molecule has 0 aromatic heterocycles. The van der Waals surface area contributed by atoms with Gasteiger partial charge in [0.25, 0.3) is 0 Å². The molecule has 0 radical (unpaired) electrons. The molecule has 0 saturated carbocycles. The number of aromatic hydroxyl groups is 1. The highest BCUT2D eigenvalue weighted by Gasteiger charge is 2.42. The number of anilines is 1. The van der Waals surface area contributed by atoms with Crippen LogP contribution in [0.1, 0.15) is 38.3 Å². The summed E-state index contributed by atoms with van der Waals surface area (Å²) >= 11 is 0. The molecular weight excluding hydrogens is 488 g/mol. The standard InChI is InChI=1S/C22H29NO2.C8H9NO2.ClH/c1-5-21(24)25-22(18(2)17-23(3)4,20-14-10-7-11-15-20)16-19-12-8-6-9-13-19;1-6(10)9-7-2-4-8(11)5-3-7;/h6-15,18H,5,16-17H2,1-4H3;2-5,11H,1H3,(H,9,10);1H/t18-,22+;;/m1../s1. The van der Waals surface area contributed by atoms with Crippen molar-refractivity contribution in [3.8, 4) is 5.75 Å². The molecule has 2 N–H and O–H groups in total. The maximum Gasteiger partial charge on any atom is 0.306 e. The number of benzene rings is 3. The van der Waals surface area contributed by atoms with Crippen molar-refractivity contribution in [1.82, 2.24) is 4.90 Å². The number of rotatable bonds is 9. The molecule has 6 nitrogen and oxygen atoms in total. The van der Waals surface area contributed by atoms with Crippen molar-refractivity contribution in [2.75, 3.05) is 26.0 Å². The van der Waals surface area contributed by atoms with Crippen LogP contribution in [-0.4, -0.2) is 42.5 Å². The number of hydrogen-bond donors (Lipinski definition) is 2. The van der Waals surface area contributed by atoms with E-state index in [-0.39, 0.29) is 36.0 Å². The Labute approximate surface area is 227 Å². The maximum absolute atomic E-state index is 12.3. The molecule has 0 aliphatic carbocycles. The first-order valence-electron chi connectivity index (χ1n) is 12.2. The van der Waals surface area contributed by atoms with Crippen molar-refractivity contribution in [1.29, 1.82) is 0 Å². The molecule has 7 heteroatoms. The summed E-state index contributed by atoms with van der Waals surface area (Å²) in [4.78, 5) is 25.0. The van der Waals surface area contributed by atoms with E-state index in [4.69, 9.17) is 9.84 Å². The molecule has 200 valence electrons. The second-order valence-corrected chi connectivity index (χ2v) is 9.14. The highest BCUT2D eigenvalue weighted by Crippen LogP contribution is 2.38. The summed E-state index contributed by atoms with van der Waals surface area (Å²) in [5, 5.41) is 11.5. The van der Waals surface area contributed by atoms with Gasteiger partial charge in [-0.15, -0.1) is 12.4 Å². The predicted octanol–water partition coefficient (Wildman–Crippen LogP) is 6.05. The Morgan fingerprint density at radius 1 is 0.946 bits per heavy atom. The molecule has 3 aromatic carbocycles. The van der Waals surface area contributed by atoms with Crippen LogP contribution < -0.4 is 5.32 Å². The van der Waals surface area contributed by atoms with Crippen LogP contribution in [0.2, 0.25) is 0 Å². The SMILES string of the molecule is CC(=O)Nc1ccc(O)cc1.CCC(=O)O[C@](Cc1ccccc1)(c1ccccc1)[C@H](C)CN(C)C.Cl. The molecule has 0 heterocycles. The molecule has 3 rings (SSSR count). The fourth-order valence-corrected chi connectivity index (χ4v) is 4.09. The zero-order valence-electron chi connectivity index (χ0n) is 22.3. The first kappa shape index (κ1) is 31.7. The summed E-state index contributed by atoms with van der Waals surface area (Å²) in [5.74, 6) is 0.0563. The lowest BCUT2D eigenvalue weighted by molar-refractivity contribution is -0.168. The van der Waals surface area contributed by atoms with Crippen molar-refractivity contribution in [2.24, 2.45) is 5.92 Å². The molecule has 3 aromatic rings. The summed E-state index contributed by atoms with van der Waals surface area (Å²) in [6.45, 7) is 6.28. The molecule has 0 fully saturated rings. The van der Waals surface area contributed by atoms with E-state index >= 15 is 0 Å². The Hall–Kier alpha value is -3.35. The second-order valence-electron chi connectivity index (χ2n) is 9.14. The summed E-state index contributed by atoms with van der Waals surface area (Å²) in [7, 11) is 4.10. The van der Waals surface area contributed by atoms with Gasteiger partial charge in [0.1, 0.15) is 11.4 Å². The fraction of sp³-hybridized carbons (Fsp3) is 0.333. The van der Waals surface area contributed by atoms with Gasteiger partial charge in [-0.3, -0.25) is 9.59 Å². The third-order valence-corrected chi connectivity index (χ3v) is 5.78. The zero-order valence-corrected chi connectivity index (χ0v) is 23.1. The minimum atomic E-state index is -0.681. The van der Waals surface area contributed by atoms with Gasteiger partial charge in [0, 0.05) is 37.9 Å². The van der Waals surface area contributed by atoms with Crippen LogP contribution in [0.4, 0.5) is 5.69 Å². The van der Waals surface area contributed by atoms with Crippen molar-refractivity contribution >= 4 is 30.0 Å². The van der Waals surface area contributed by atoms with E-state index in [1.54, 1.807) is 12.1 Å². The number of nitrogens with one attached hydrogen (secondary N) is 1. The van der Waals surface area contributed by atoms with Crippen LogP contribution in [0, 0.1) is 5.92 Å². The van der Waals surface area contributed by atoms with E-state index in [2.05, 4.69) is 55.5 Å². The number of ether oxygens (including phenoxy) is 1. The maximum atomic E-state index is 12.3. The quantitative estimate of drug-likeness (QED) is 0.262. The third-order valence-electron chi connectivity index (χ3n) is 5.78. The van der Waals surface area contributed by atoms with Gasteiger partial charge < -0.3 is 20.1 Å². The third kappa shape index (κ3) is 10.3. The Kier molecular flexibility index (Phi) is 13.4. The van der Waals surface area contributed by atoms with E-state index in [0.717, 1.165) is 12.1 Å². The molecule has 0 unspecified atom stereocenters. The minimum absolute atomic E-state index is 0. The molecule has 0 saturated heterocycles. The smallest absolute Gasteiger partial charge is 0.306 e. The van der Waals surface area contributed by atoms with Crippen LogP contribution in [0.25, 0.3) is 0 Å². The summed E-state index contributed by atoms with van der Waals surface area (Å²) in [6.07, 6.45) is 1.04. The molecule has 2 atom stereocenters. The highest BCUT2D eigenvalue weighted by atomic mass is 35.5. The van der Waals surface area contributed by atoms with E-state index in [1.807, 2.05) is 43.3 Å². The zero-order chi connectivity index (χ0) is 26.6. The van der Waals surface area contributed by atoms with Gasteiger partial charge in [0.05, 0.1) is 0 Å². The normalized spacial score (nSPS) is 12.7. The summed E-state index contributed by atoms with van der Waals surface area (Å²) in [5.41, 5.74) is 2.23. The lowest BCUT2D eigenvalue weighted by Crippen LogP contribution is -2.44. The van der Waals surface area contributed by atoms with Gasteiger partial charge in [0.15, 0.2) is 0 Å². The van der Waals surface area contributed by atoms with Gasteiger partial charge in [-0.1, -0.05) is 74.5 Å². The highest BCUT2D eigenvalue weighted by molar-refractivity contribution is 5.88. The fourth-order valence-electron chi connectivity index (χ4n) is 4.09. The number of nitrogens with zero attached hydrogens (tertiary/aromatic N) is 1. The number of carbonyl (C=O) groups is 2. The first-order chi connectivity index (χ1) is 17.2. The molecular formula is C30H39ClN2O4. The Morgan fingerprint density at radius 3 is 1.97 bits per heavy atom. The lowest BCUT2D eigenvalue weighted by atomic mass is 9.77. The predicted molar refractivity (Wildman–Crippen MR) is 152 cm³/mol. The number of phenols is 1. The number of esters is 1. The molecule has 1 amide bonds. The van der Waals surface area contributed by atoms with Crippen LogP contribution in [0.15, 0.2) is 84.9 Å². The number of hydrogen-bond acceptors (Lipinski definition) is 5. The number of phenolic OH excluding ortho intramolecular Hbond substituents is 1. The number of halogens is 1. The van der Waals surface area contributed by atoms with Crippen LogP contribution >= 0.6 is 12.4 Å². The van der Waals surface area contributed by atoms with Crippen molar-refractivity contribution in [2.45, 2.75) is 39.2 Å². The van der Waals surface area contributed by atoms with Crippen molar-refractivity contribution < 1.29 is 19.4 Å². The van der Waals surface area contributed by atoms with E-state index in [0.29, 0.717) is 18.5 Å². The average Bonchev–Trinajstić information content (AvgIpc) is 2.85. The number of carbonyl (C=O) groups excluding carboxylic acids is 2. The second kappa shape index (κ2) is 15.7. The van der Waals surface area contributed by atoms with E-state index in [1.165, 1.54) is 24.6 Å². The van der Waals surface area contributed by atoms with Gasteiger partial charge in [-0.2, -0.15) is 0 Å². The Morgan fingerprint density at radius 2 is 1.49 bits per heavy atom. The average molecular weight is 527 g/mol. The van der Waals surface area contributed by atoms with Gasteiger partial charge in [-0.05, 0) is 49.5 Å². The monoisotopic (exact) mass is 526 g/mol. The summed E-state index contributed by atoms with van der Waals surface area (Å²) in [6, 6.07) is 26.7. The topological polar surface area (TPSA) is 78.9 Å². The molecule has 0 aliphatic rings. The van der Waals surface area contributed by atoms with Crippen molar-refractivity contribution in [3.05, 3.63) is 96.1 Å². The minimum Gasteiger partial charge on any atom is -0.508 e. The van der Waals surface area contributed by atoms with Gasteiger partial charge in [-0.25, -0.2) is 0 Å². The lowest BCUT2D eigenvalue weighted by Gasteiger charge is -2.40. The molecule has 0 spiro atoms.